The molecule has 2 saturated heterocycles. The zero-order valence-corrected chi connectivity index (χ0v) is 19.5. The Bertz CT molecular complexity index is 570. The highest BCUT2D eigenvalue weighted by Gasteiger charge is 2.59. The van der Waals surface area contributed by atoms with Gasteiger partial charge in [0.2, 0.25) is 0 Å². The van der Waals surface area contributed by atoms with Crippen LogP contribution < -0.4 is 5.32 Å². The van der Waals surface area contributed by atoms with E-state index in [0.29, 0.717) is 17.6 Å². The molecule has 4 aliphatic rings. The van der Waals surface area contributed by atoms with Gasteiger partial charge in [0.05, 0.1) is 6.10 Å². The van der Waals surface area contributed by atoms with Crippen molar-refractivity contribution in [1.29, 1.82) is 0 Å². The maximum atomic E-state index is 12.5. The number of carbonyl (C=O) groups excluding carboxylic acids is 1. The third kappa shape index (κ3) is 4.01. The van der Waals surface area contributed by atoms with Crippen LogP contribution in [0.2, 0.25) is 0 Å². The molecule has 4 rings (SSSR count). The summed E-state index contributed by atoms with van der Waals surface area (Å²) in [5.74, 6) is 1.15. The Morgan fingerprint density at radius 3 is 2.46 bits per heavy atom. The van der Waals surface area contributed by atoms with Gasteiger partial charge in [-0.3, -0.25) is 9.79 Å². The molecule has 4 fully saturated rings. The molecular weight excluding hydrogens is 471 g/mol. The molecule has 2 heterocycles. The number of hydrogen-bond acceptors (Lipinski definition) is 4. The summed E-state index contributed by atoms with van der Waals surface area (Å²) in [5, 5.41) is 3.72. The molecule has 3 unspecified atom stereocenters. The van der Waals surface area contributed by atoms with Gasteiger partial charge in [-0.2, -0.15) is 0 Å². The number of halogens is 1. The first-order valence-electron chi connectivity index (χ1n) is 10.7. The number of carbonyl (C=O) groups is 1. The van der Waals surface area contributed by atoms with Crippen molar-refractivity contribution in [3.63, 3.8) is 0 Å². The first-order valence-corrected chi connectivity index (χ1v) is 10.7. The van der Waals surface area contributed by atoms with Crippen LogP contribution in [0.25, 0.3) is 0 Å². The van der Waals surface area contributed by atoms with Gasteiger partial charge >= 0.3 is 0 Å². The average Bonchev–Trinajstić information content (AvgIpc) is 3.17. The van der Waals surface area contributed by atoms with Crippen LogP contribution in [0.5, 0.6) is 0 Å². The lowest BCUT2D eigenvalue weighted by Gasteiger charge is -2.61. The number of hydrogen-bond donors (Lipinski definition) is 1. The first kappa shape index (κ1) is 22.1. The zero-order valence-electron chi connectivity index (χ0n) is 17.2. The third-order valence-electron chi connectivity index (χ3n) is 7.05. The number of nitrogens with zero attached hydrogens (tertiary/aromatic N) is 3. The van der Waals surface area contributed by atoms with Crippen LogP contribution in [-0.4, -0.2) is 86.4 Å². The van der Waals surface area contributed by atoms with Gasteiger partial charge in [0.15, 0.2) is 5.96 Å². The fourth-order valence-electron chi connectivity index (χ4n) is 5.21. The van der Waals surface area contributed by atoms with Gasteiger partial charge in [0.25, 0.3) is 5.91 Å². The van der Waals surface area contributed by atoms with Gasteiger partial charge in [-0.25, -0.2) is 0 Å². The van der Waals surface area contributed by atoms with Gasteiger partial charge in [-0.1, -0.05) is 6.42 Å². The summed E-state index contributed by atoms with van der Waals surface area (Å²) < 4.78 is 11.5. The molecule has 1 spiro atoms. The number of ether oxygens (including phenoxy) is 2. The number of nitrogens with one attached hydrogen (secondary N) is 1. The highest BCUT2D eigenvalue weighted by molar-refractivity contribution is 14.0. The van der Waals surface area contributed by atoms with E-state index in [1.807, 2.05) is 11.9 Å². The van der Waals surface area contributed by atoms with Crippen molar-refractivity contribution in [3.05, 3.63) is 0 Å². The van der Waals surface area contributed by atoms with Crippen molar-refractivity contribution in [2.24, 2.45) is 10.4 Å². The minimum absolute atomic E-state index is 0. The van der Waals surface area contributed by atoms with Crippen LogP contribution in [0.1, 0.15) is 45.4 Å². The van der Waals surface area contributed by atoms with Crippen LogP contribution in [0.15, 0.2) is 4.99 Å². The van der Waals surface area contributed by atoms with E-state index >= 15 is 0 Å². The Balaban J connectivity index is 0.00000225. The Morgan fingerprint density at radius 1 is 1.21 bits per heavy atom. The van der Waals surface area contributed by atoms with Crippen molar-refractivity contribution in [3.8, 4) is 0 Å². The van der Waals surface area contributed by atoms with Gasteiger partial charge in [0, 0.05) is 57.9 Å². The number of guanidine groups is 1. The maximum Gasteiger partial charge on any atom is 0.251 e. The van der Waals surface area contributed by atoms with Crippen molar-refractivity contribution in [1.82, 2.24) is 15.1 Å². The minimum atomic E-state index is -0.210. The van der Waals surface area contributed by atoms with E-state index < -0.39 is 0 Å². The topological polar surface area (TPSA) is 66.4 Å². The van der Waals surface area contributed by atoms with E-state index in [1.165, 1.54) is 19.3 Å². The molecule has 1 N–H and O–H groups in total. The fourth-order valence-corrected chi connectivity index (χ4v) is 5.21. The van der Waals surface area contributed by atoms with Gasteiger partial charge < -0.3 is 24.6 Å². The SMILES string of the molecule is CCOC1CC(NC(=NC)N2CCN(C(=O)C3CCCO3)CC2)C12CCC2.I. The van der Waals surface area contributed by atoms with Crippen LogP contribution >= 0.6 is 24.0 Å². The largest absolute Gasteiger partial charge is 0.378 e. The van der Waals surface area contributed by atoms with E-state index in [2.05, 4.69) is 22.1 Å². The molecule has 2 aliphatic heterocycles. The van der Waals surface area contributed by atoms with Crippen molar-refractivity contribution in [2.45, 2.75) is 63.7 Å². The second kappa shape index (κ2) is 9.47. The van der Waals surface area contributed by atoms with Gasteiger partial charge in [0.1, 0.15) is 6.10 Å². The van der Waals surface area contributed by atoms with E-state index in [1.54, 1.807) is 0 Å². The van der Waals surface area contributed by atoms with Crippen molar-refractivity contribution >= 4 is 35.8 Å². The molecule has 7 nitrogen and oxygen atoms in total. The molecule has 2 saturated carbocycles. The lowest BCUT2D eigenvalue weighted by atomic mass is 9.51. The molecule has 0 radical (unpaired) electrons. The molecular formula is C20H35IN4O3. The first-order chi connectivity index (χ1) is 13.2. The molecule has 160 valence electrons. The molecule has 0 bridgehead atoms. The van der Waals surface area contributed by atoms with Crippen molar-refractivity contribution < 1.29 is 14.3 Å². The Morgan fingerprint density at radius 2 is 1.93 bits per heavy atom. The Kier molecular flexibility index (Phi) is 7.47. The van der Waals surface area contributed by atoms with E-state index in [0.717, 1.165) is 64.6 Å². The zero-order chi connectivity index (χ0) is 18.9. The lowest BCUT2D eigenvalue weighted by Crippen LogP contribution is -2.69. The second-order valence-electron chi connectivity index (χ2n) is 8.32. The lowest BCUT2D eigenvalue weighted by molar-refractivity contribution is -0.169. The fraction of sp³-hybridized carbons (Fsp3) is 0.900. The molecule has 8 heteroatoms. The third-order valence-corrected chi connectivity index (χ3v) is 7.05. The van der Waals surface area contributed by atoms with Gasteiger partial charge in [-0.15, -0.1) is 24.0 Å². The number of amides is 1. The summed E-state index contributed by atoms with van der Waals surface area (Å²) in [5.41, 5.74) is 0.323. The normalized spacial score (nSPS) is 31.8. The number of aliphatic imine (C=N–C) groups is 1. The van der Waals surface area contributed by atoms with Crippen LogP contribution in [0.4, 0.5) is 0 Å². The monoisotopic (exact) mass is 506 g/mol. The summed E-state index contributed by atoms with van der Waals surface area (Å²) in [4.78, 5) is 21.3. The minimum Gasteiger partial charge on any atom is -0.378 e. The van der Waals surface area contributed by atoms with Crippen LogP contribution in [0, 0.1) is 5.41 Å². The number of rotatable bonds is 4. The standard InChI is InChI=1S/C20H34N4O3.HI/c1-3-26-17-14-16(20(17)7-5-8-20)22-19(21-2)24-11-9-23(10-12-24)18(25)15-6-4-13-27-15;/h15-17H,3-14H2,1-2H3,(H,21,22);1H. The summed E-state index contributed by atoms with van der Waals surface area (Å²) in [6.45, 7) is 6.75. The van der Waals surface area contributed by atoms with E-state index in [4.69, 9.17) is 9.47 Å². The molecule has 0 aromatic heterocycles. The molecule has 3 atom stereocenters. The Labute approximate surface area is 185 Å². The summed E-state index contributed by atoms with van der Waals surface area (Å²) in [6.07, 6.45) is 6.97. The smallest absolute Gasteiger partial charge is 0.251 e. The predicted octanol–water partition coefficient (Wildman–Crippen LogP) is 1.85. The summed E-state index contributed by atoms with van der Waals surface area (Å²) in [6, 6.07) is 0.466. The number of piperazine rings is 1. The van der Waals surface area contributed by atoms with E-state index in [-0.39, 0.29) is 36.0 Å². The molecule has 0 aromatic rings. The maximum absolute atomic E-state index is 12.5. The van der Waals surface area contributed by atoms with Crippen molar-refractivity contribution in [2.75, 3.05) is 46.4 Å². The Hall–Kier alpha value is -0.610. The molecule has 28 heavy (non-hydrogen) atoms. The van der Waals surface area contributed by atoms with Crippen LogP contribution in [-0.2, 0) is 14.3 Å². The molecule has 2 aliphatic carbocycles. The quantitative estimate of drug-likeness (QED) is 0.358. The highest BCUT2D eigenvalue weighted by Crippen LogP contribution is 2.57. The summed E-state index contributed by atoms with van der Waals surface area (Å²) >= 11 is 0. The summed E-state index contributed by atoms with van der Waals surface area (Å²) in [7, 11) is 1.86. The van der Waals surface area contributed by atoms with Gasteiger partial charge in [-0.05, 0) is 39.0 Å². The van der Waals surface area contributed by atoms with E-state index in [9.17, 15) is 4.79 Å². The van der Waals surface area contributed by atoms with Crippen LogP contribution in [0.3, 0.4) is 0 Å². The highest BCUT2D eigenvalue weighted by atomic mass is 127. The molecule has 0 aromatic carbocycles. The average molecular weight is 506 g/mol. The second-order valence-corrected chi connectivity index (χ2v) is 8.32. The molecule has 1 amide bonds. The predicted molar refractivity (Wildman–Crippen MR) is 119 cm³/mol.